The maximum atomic E-state index is 5.12. The van der Waals surface area contributed by atoms with Gasteiger partial charge in [0.1, 0.15) is 0 Å². The summed E-state index contributed by atoms with van der Waals surface area (Å²) in [6, 6.07) is 0. The first-order valence-electron chi connectivity index (χ1n) is 2.44. The third kappa shape index (κ3) is 0.243. The van der Waals surface area contributed by atoms with Crippen molar-refractivity contribution in [3.8, 4) is 0 Å². The minimum atomic E-state index is 0.657. The lowest BCUT2D eigenvalue weighted by Crippen LogP contribution is -1.74. The molecule has 2 rings (SSSR count). The summed E-state index contributed by atoms with van der Waals surface area (Å²) in [6.07, 6.45) is 6.05. The lowest BCUT2D eigenvalue weighted by atomic mass is 10.4. The summed E-state index contributed by atoms with van der Waals surface area (Å²) in [7, 11) is 0. The summed E-state index contributed by atoms with van der Waals surface area (Å²) in [6.45, 7) is 0. The van der Waals surface area contributed by atoms with E-state index in [2.05, 4.69) is 6.42 Å². The van der Waals surface area contributed by atoms with Crippen molar-refractivity contribution in [1.29, 1.82) is 0 Å². The Bertz CT molecular complexity index is 62.3. The molecule has 1 aliphatic carbocycles. The minimum Gasteiger partial charge on any atom is -0.370 e. The van der Waals surface area contributed by atoms with E-state index in [1.807, 2.05) is 0 Å². The molecule has 1 heteroatoms. The van der Waals surface area contributed by atoms with Crippen LogP contribution in [0, 0.1) is 6.42 Å². The highest BCUT2D eigenvalue weighted by Gasteiger charge is 2.42. The van der Waals surface area contributed by atoms with Gasteiger partial charge >= 0.3 is 0 Å². The monoisotopic (exact) mass is 83.0 g/mol. The molecule has 2 aliphatic rings. The van der Waals surface area contributed by atoms with Crippen molar-refractivity contribution in [3.05, 3.63) is 6.42 Å². The zero-order valence-electron chi connectivity index (χ0n) is 3.55. The Morgan fingerprint density at radius 2 is 2.00 bits per heavy atom. The summed E-state index contributed by atoms with van der Waals surface area (Å²) in [5, 5.41) is 0. The molecule has 1 aliphatic heterocycles. The van der Waals surface area contributed by atoms with Crippen LogP contribution < -0.4 is 0 Å². The molecule has 2 fully saturated rings. The highest BCUT2D eigenvalue weighted by molar-refractivity contribution is 4.99. The Hall–Kier alpha value is -0.0400. The van der Waals surface area contributed by atoms with E-state index >= 15 is 0 Å². The van der Waals surface area contributed by atoms with E-state index in [0.29, 0.717) is 12.2 Å². The van der Waals surface area contributed by atoms with Gasteiger partial charge in [-0.1, -0.05) is 0 Å². The summed E-state index contributed by atoms with van der Waals surface area (Å²) in [5.74, 6) is 0. The van der Waals surface area contributed by atoms with Crippen molar-refractivity contribution in [2.45, 2.75) is 25.0 Å². The van der Waals surface area contributed by atoms with Gasteiger partial charge in [0, 0.05) is 0 Å². The lowest BCUT2D eigenvalue weighted by molar-refractivity contribution is 0.346. The van der Waals surface area contributed by atoms with Crippen LogP contribution in [0.5, 0.6) is 0 Å². The molecule has 0 aromatic rings. The SMILES string of the molecule is [CH]1CC2OC2C1. The van der Waals surface area contributed by atoms with E-state index in [1.165, 1.54) is 12.8 Å². The summed E-state index contributed by atoms with van der Waals surface area (Å²) in [4.78, 5) is 0. The van der Waals surface area contributed by atoms with Gasteiger partial charge in [0.15, 0.2) is 0 Å². The van der Waals surface area contributed by atoms with Crippen molar-refractivity contribution >= 4 is 0 Å². The van der Waals surface area contributed by atoms with Crippen molar-refractivity contribution in [3.63, 3.8) is 0 Å². The number of hydrogen-bond donors (Lipinski definition) is 0. The first-order valence-corrected chi connectivity index (χ1v) is 2.44. The van der Waals surface area contributed by atoms with E-state index in [4.69, 9.17) is 4.74 Å². The Kier molecular flexibility index (Phi) is 0.396. The van der Waals surface area contributed by atoms with E-state index in [1.54, 1.807) is 0 Å². The van der Waals surface area contributed by atoms with Gasteiger partial charge in [-0.05, 0) is 19.3 Å². The molecule has 0 amide bonds. The maximum Gasteiger partial charge on any atom is 0.0844 e. The topological polar surface area (TPSA) is 12.5 Å². The second-order valence-corrected chi connectivity index (χ2v) is 1.97. The second kappa shape index (κ2) is 0.784. The van der Waals surface area contributed by atoms with Gasteiger partial charge < -0.3 is 4.74 Å². The van der Waals surface area contributed by atoms with Gasteiger partial charge in [0.05, 0.1) is 12.2 Å². The molecule has 6 heavy (non-hydrogen) atoms. The highest BCUT2D eigenvalue weighted by Crippen LogP contribution is 2.37. The van der Waals surface area contributed by atoms with Crippen LogP contribution in [-0.2, 0) is 4.74 Å². The van der Waals surface area contributed by atoms with Crippen LogP contribution in [0.3, 0.4) is 0 Å². The Labute approximate surface area is 37.3 Å². The number of rotatable bonds is 0. The van der Waals surface area contributed by atoms with Gasteiger partial charge in [-0.25, -0.2) is 0 Å². The van der Waals surface area contributed by atoms with Gasteiger partial charge in [-0.2, -0.15) is 0 Å². The zero-order valence-corrected chi connectivity index (χ0v) is 3.55. The Morgan fingerprint density at radius 1 is 1.33 bits per heavy atom. The molecule has 1 radical (unpaired) electrons. The normalized spacial score (nSPS) is 52.0. The molecule has 1 nitrogen and oxygen atoms in total. The van der Waals surface area contributed by atoms with Gasteiger partial charge in [0.2, 0.25) is 0 Å². The number of fused-ring (bicyclic) bond motifs is 1. The number of hydrogen-bond acceptors (Lipinski definition) is 1. The molecule has 0 bridgehead atoms. The number of ether oxygens (including phenoxy) is 1. The lowest BCUT2D eigenvalue weighted by Gasteiger charge is -1.81. The van der Waals surface area contributed by atoms with Crippen molar-refractivity contribution in [2.75, 3.05) is 0 Å². The van der Waals surface area contributed by atoms with Crippen LogP contribution in [-0.4, -0.2) is 12.2 Å². The fourth-order valence-corrected chi connectivity index (χ4v) is 1.02. The molecule has 33 valence electrons. The van der Waals surface area contributed by atoms with E-state index in [9.17, 15) is 0 Å². The molecule has 1 saturated heterocycles. The molecule has 2 unspecified atom stereocenters. The Balaban J connectivity index is 2.09. The predicted octanol–water partition coefficient (Wildman–Crippen LogP) is 0.752. The van der Waals surface area contributed by atoms with Crippen LogP contribution in [0.1, 0.15) is 12.8 Å². The molecule has 0 N–H and O–H groups in total. The fraction of sp³-hybridized carbons (Fsp3) is 0.800. The van der Waals surface area contributed by atoms with E-state index < -0.39 is 0 Å². The molecular weight excluding hydrogens is 76.1 g/mol. The average molecular weight is 83.1 g/mol. The van der Waals surface area contributed by atoms with Gasteiger partial charge in [-0.15, -0.1) is 0 Å². The molecule has 0 aromatic carbocycles. The first kappa shape index (κ1) is 3.03. The molecular formula is C5H7O. The Morgan fingerprint density at radius 3 is 2.17 bits per heavy atom. The third-order valence-electron chi connectivity index (χ3n) is 1.49. The third-order valence-corrected chi connectivity index (χ3v) is 1.49. The smallest absolute Gasteiger partial charge is 0.0844 e. The van der Waals surface area contributed by atoms with Crippen molar-refractivity contribution < 1.29 is 4.74 Å². The van der Waals surface area contributed by atoms with Crippen molar-refractivity contribution in [2.24, 2.45) is 0 Å². The average Bonchev–Trinajstić information content (AvgIpc) is 2.17. The highest BCUT2D eigenvalue weighted by atomic mass is 16.6. The zero-order chi connectivity index (χ0) is 3.98. The van der Waals surface area contributed by atoms with E-state index in [-0.39, 0.29) is 0 Å². The van der Waals surface area contributed by atoms with Crippen LogP contribution in [0.2, 0.25) is 0 Å². The fourth-order valence-electron chi connectivity index (χ4n) is 1.02. The van der Waals surface area contributed by atoms with Crippen LogP contribution >= 0.6 is 0 Å². The molecule has 0 aromatic heterocycles. The van der Waals surface area contributed by atoms with Crippen LogP contribution in [0.4, 0.5) is 0 Å². The quantitative estimate of drug-likeness (QED) is 0.394. The predicted molar refractivity (Wildman–Crippen MR) is 22.2 cm³/mol. The standard InChI is InChI=1S/C5H7O/c1-2-4-5(3-1)6-4/h1,4-5H,2-3H2. The van der Waals surface area contributed by atoms with Crippen LogP contribution in [0.25, 0.3) is 0 Å². The molecule has 1 heterocycles. The minimum absolute atomic E-state index is 0.657. The summed E-state index contributed by atoms with van der Waals surface area (Å²) in [5.41, 5.74) is 0. The largest absolute Gasteiger partial charge is 0.370 e. The number of epoxide rings is 1. The maximum absolute atomic E-state index is 5.12. The molecule has 0 spiro atoms. The molecule has 1 saturated carbocycles. The van der Waals surface area contributed by atoms with Gasteiger partial charge in [0.25, 0.3) is 0 Å². The van der Waals surface area contributed by atoms with E-state index in [0.717, 1.165) is 0 Å². The first-order chi connectivity index (χ1) is 2.97. The van der Waals surface area contributed by atoms with Crippen LogP contribution in [0.15, 0.2) is 0 Å². The summed E-state index contributed by atoms with van der Waals surface area (Å²) >= 11 is 0. The summed E-state index contributed by atoms with van der Waals surface area (Å²) < 4.78 is 5.12. The molecule has 2 atom stereocenters. The van der Waals surface area contributed by atoms with Crippen molar-refractivity contribution in [1.82, 2.24) is 0 Å². The van der Waals surface area contributed by atoms with Gasteiger partial charge in [-0.3, -0.25) is 0 Å². The second-order valence-electron chi connectivity index (χ2n) is 1.97.